The second-order valence-corrected chi connectivity index (χ2v) is 5.21. The standard InChI is InChI=1S/C13H28O4/c1-4-5-6-7-8-9-10-11-12-13(2,3)15-17-16-14/h14H,4-12H2,1-3H3. The van der Waals surface area contributed by atoms with Crippen molar-refractivity contribution in [2.24, 2.45) is 0 Å². The highest BCUT2D eigenvalue weighted by Gasteiger charge is 2.19. The van der Waals surface area contributed by atoms with Gasteiger partial charge in [-0.1, -0.05) is 58.3 Å². The lowest BCUT2D eigenvalue weighted by Gasteiger charge is -2.21. The van der Waals surface area contributed by atoms with E-state index in [9.17, 15) is 0 Å². The Balaban J connectivity index is 3.26. The van der Waals surface area contributed by atoms with Gasteiger partial charge < -0.3 is 0 Å². The molecule has 0 radical (unpaired) electrons. The van der Waals surface area contributed by atoms with E-state index in [-0.39, 0.29) is 0 Å². The average Bonchev–Trinajstić information content (AvgIpc) is 2.30. The van der Waals surface area contributed by atoms with E-state index >= 15 is 0 Å². The normalized spacial score (nSPS) is 12.0. The molecule has 0 unspecified atom stereocenters. The summed E-state index contributed by atoms with van der Waals surface area (Å²) >= 11 is 0. The summed E-state index contributed by atoms with van der Waals surface area (Å²) in [5.41, 5.74) is -0.412. The zero-order valence-corrected chi connectivity index (χ0v) is 11.5. The van der Waals surface area contributed by atoms with Crippen molar-refractivity contribution in [2.45, 2.75) is 84.2 Å². The van der Waals surface area contributed by atoms with Gasteiger partial charge in [-0.15, -0.1) is 0 Å². The molecule has 0 amide bonds. The first-order valence-electron chi connectivity index (χ1n) is 6.78. The Labute approximate surface area is 105 Å². The van der Waals surface area contributed by atoms with E-state index in [4.69, 9.17) is 10.1 Å². The Hall–Kier alpha value is -0.160. The van der Waals surface area contributed by atoms with E-state index in [1.165, 1.54) is 44.9 Å². The summed E-state index contributed by atoms with van der Waals surface area (Å²) in [6, 6.07) is 0. The van der Waals surface area contributed by atoms with Gasteiger partial charge in [0.15, 0.2) is 0 Å². The molecule has 0 aromatic heterocycles. The van der Waals surface area contributed by atoms with E-state index in [1.807, 2.05) is 13.8 Å². The van der Waals surface area contributed by atoms with Crippen LogP contribution in [0.3, 0.4) is 0 Å². The molecular weight excluding hydrogens is 220 g/mol. The lowest BCUT2D eigenvalue weighted by atomic mass is 9.99. The van der Waals surface area contributed by atoms with Crippen molar-refractivity contribution >= 4 is 0 Å². The van der Waals surface area contributed by atoms with Gasteiger partial charge in [-0.25, -0.2) is 5.26 Å². The van der Waals surface area contributed by atoms with Gasteiger partial charge in [0.2, 0.25) is 0 Å². The van der Waals surface area contributed by atoms with Crippen molar-refractivity contribution in [1.82, 2.24) is 0 Å². The second kappa shape index (κ2) is 11.0. The van der Waals surface area contributed by atoms with Crippen LogP contribution < -0.4 is 0 Å². The van der Waals surface area contributed by atoms with Crippen molar-refractivity contribution < 1.29 is 20.2 Å². The van der Waals surface area contributed by atoms with Crippen molar-refractivity contribution in [3.63, 3.8) is 0 Å². The Kier molecular flexibility index (Phi) is 10.9. The Morgan fingerprint density at radius 2 is 1.41 bits per heavy atom. The molecule has 4 heteroatoms. The molecule has 0 aromatic rings. The maximum absolute atomic E-state index is 7.99. The van der Waals surface area contributed by atoms with E-state index in [1.54, 1.807) is 0 Å². The van der Waals surface area contributed by atoms with Crippen LogP contribution in [0.25, 0.3) is 0 Å². The SMILES string of the molecule is CCCCCCCCCCC(C)(C)OOOO. The molecule has 17 heavy (non-hydrogen) atoms. The lowest BCUT2D eigenvalue weighted by molar-refractivity contribution is -0.640. The molecule has 0 fully saturated rings. The molecule has 4 nitrogen and oxygen atoms in total. The van der Waals surface area contributed by atoms with Gasteiger partial charge in [0, 0.05) is 0 Å². The van der Waals surface area contributed by atoms with E-state index < -0.39 is 5.60 Å². The average molecular weight is 248 g/mol. The van der Waals surface area contributed by atoms with Crippen LogP contribution in [0.2, 0.25) is 0 Å². The largest absolute Gasteiger partial charge is 0.219 e. The third-order valence-corrected chi connectivity index (χ3v) is 2.92. The van der Waals surface area contributed by atoms with E-state index in [0.29, 0.717) is 0 Å². The summed E-state index contributed by atoms with van der Waals surface area (Å²) < 4.78 is 0. The van der Waals surface area contributed by atoms with Gasteiger partial charge >= 0.3 is 0 Å². The van der Waals surface area contributed by atoms with Crippen LogP contribution in [0.1, 0.15) is 78.6 Å². The number of hydrogen-bond donors (Lipinski definition) is 1. The maximum atomic E-state index is 7.99. The molecular formula is C13H28O4. The van der Waals surface area contributed by atoms with Crippen LogP contribution in [0.4, 0.5) is 0 Å². The fourth-order valence-corrected chi connectivity index (χ4v) is 1.83. The molecule has 0 spiro atoms. The molecule has 0 rings (SSSR count). The second-order valence-electron chi connectivity index (χ2n) is 5.21. The summed E-state index contributed by atoms with van der Waals surface area (Å²) in [6.45, 7) is 6.06. The molecule has 1 N–H and O–H groups in total. The lowest BCUT2D eigenvalue weighted by Crippen LogP contribution is -2.24. The van der Waals surface area contributed by atoms with Crippen molar-refractivity contribution in [3.05, 3.63) is 0 Å². The zero-order chi connectivity index (χ0) is 13.0. The summed E-state index contributed by atoms with van der Waals surface area (Å²) in [7, 11) is 0. The topological polar surface area (TPSA) is 47.9 Å². The first kappa shape index (κ1) is 16.8. The van der Waals surface area contributed by atoms with Gasteiger partial charge in [-0.05, 0) is 30.3 Å². The molecule has 0 bridgehead atoms. The van der Waals surface area contributed by atoms with E-state index in [0.717, 1.165) is 12.8 Å². The monoisotopic (exact) mass is 248 g/mol. The first-order chi connectivity index (χ1) is 8.12. The predicted molar refractivity (Wildman–Crippen MR) is 67.2 cm³/mol. The molecule has 0 aliphatic rings. The Morgan fingerprint density at radius 1 is 0.882 bits per heavy atom. The molecule has 0 aliphatic heterocycles. The van der Waals surface area contributed by atoms with Gasteiger partial charge in [-0.2, -0.15) is 4.89 Å². The van der Waals surface area contributed by atoms with Crippen LogP contribution in [-0.2, 0) is 15.0 Å². The summed E-state index contributed by atoms with van der Waals surface area (Å²) in [5, 5.41) is 15.5. The maximum Gasteiger partial charge on any atom is 0.101 e. The number of unbranched alkanes of at least 4 members (excludes halogenated alkanes) is 7. The minimum Gasteiger partial charge on any atom is -0.219 e. The van der Waals surface area contributed by atoms with Crippen LogP contribution in [0.5, 0.6) is 0 Å². The van der Waals surface area contributed by atoms with Crippen molar-refractivity contribution in [2.75, 3.05) is 0 Å². The highest BCUT2D eigenvalue weighted by molar-refractivity contribution is 4.66. The summed E-state index contributed by atoms with van der Waals surface area (Å²) in [4.78, 5) is 4.87. The number of hydrogen-bond acceptors (Lipinski definition) is 4. The van der Waals surface area contributed by atoms with Crippen LogP contribution in [-0.4, -0.2) is 10.9 Å². The van der Waals surface area contributed by atoms with Gasteiger partial charge in [0.05, 0.1) is 0 Å². The predicted octanol–water partition coefficient (Wildman–Crippen LogP) is 4.65. The van der Waals surface area contributed by atoms with Crippen molar-refractivity contribution in [3.8, 4) is 0 Å². The fourth-order valence-electron chi connectivity index (χ4n) is 1.83. The van der Waals surface area contributed by atoms with Crippen molar-refractivity contribution in [1.29, 1.82) is 0 Å². The van der Waals surface area contributed by atoms with E-state index in [2.05, 4.69) is 17.0 Å². The van der Waals surface area contributed by atoms with Crippen LogP contribution in [0.15, 0.2) is 0 Å². The summed E-state index contributed by atoms with van der Waals surface area (Å²) in [6.07, 6.45) is 11.2. The highest BCUT2D eigenvalue weighted by atomic mass is 17.6. The third kappa shape index (κ3) is 12.1. The molecule has 0 saturated carbocycles. The zero-order valence-electron chi connectivity index (χ0n) is 11.5. The molecule has 104 valence electrons. The fraction of sp³-hybridized carbons (Fsp3) is 1.00. The van der Waals surface area contributed by atoms with Gasteiger partial charge in [0.25, 0.3) is 0 Å². The van der Waals surface area contributed by atoms with Crippen LogP contribution in [0, 0.1) is 0 Å². The smallest absolute Gasteiger partial charge is 0.101 e. The third-order valence-electron chi connectivity index (χ3n) is 2.92. The van der Waals surface area contributed by atoms with Crippen LogP contribution >= 0.6 is 0 Å². The van der Waals surface area contributed by atoms with Gasteiger partial charge in [-0.3, -0.25) is 0 Å². The highest BCUT2D eigenvalue weighted by Crippen LogP contribution is 2.19. The number of rotatable bonds is 12. The molecule has 0 aromatic carbocycles. The minimum absolute atomic E-state index is 0.412. The van der Waals surface area contributed by atoms with Gasteiger partial charge in [0.1, 0.15) is 5.60 Å². The molecule has 0 atom stereocenters. The molecule has 0 heterocycles. The first-order valence-corrected chi connectivity index (χ1v) is 6.78. The Bertz CT molecular complexity index is 159. The Morgan fingerprint density at radius 3 is 1.94 bits per heavy atom. The molecule has 0 aliphatic carbocycles. The molecule has 0 saturated heterocycles. The minimum atomic E-state index is -0.412. The quantitative estimate of drug-likeness (QED) is 0.310. The summed E-state index contributed by atoms with van der Waals surface area (Å²) in [5.74, 6) is 0.